The lowest BCUT2D eigenvalue weighted by molar-refractivity contribution is 0.0376. The molecule has 41 heavy (non-hydrogen) atoms. The number of carbonyl (C=O) groups excluding carboxylic acids is 1. The van der Waals surface area contributed by atoms with Crippen LogP contribution in [0.2, 0.25) is 0 Å². The Labute approximate surface area is 245 Å². The van der Waals surface area contributed by atoms with Crippen LogP contribution in [0.25, 0.3) is 10.2 Å². The lowest BCUT2D eigenvalue weighted by Crippen LogP contribution is -2.39. The first-order valence-corrected chi connectivity index (χ1v) is 15.8. The van der Waals surface area contributed by atoms with Crippen LogP contribution in [-0.4, -0.2) is 82.1 Å². The zero-order valence-corrected chi connectivity index (χ0v) is 24.9. The summed E-state index contributed by atoms with van der Waals surface area (Å²) in [6, 6.07) is 21.3. The quantitative estimate of drug-likeness (QED) is 0.253. The summed E-state index contributed by atoms with van der Waals surface area (Å²) in [5.74, 6) is 0.480. The number of rotatable bonds is 11. The Morgan fingerprint density at radius 1 is 1.05 bits per heavy atom. The van der Waals surface area contributed by atoms with Crippen LogP contribution in [-0.2, 0) is 21.3 Å². The SMILES string of the molecule is COc1ccc2sc(N(CCCN3CCOCC3)C(=O)c3ccc(S(=O)(=O)N(C)Cc4ccccc4)cc3)nc2c1. The van der Waals surface area contributed by atoms with Crippen LogP contribution >= 0.6 is 11.3 Å². The van der Waals surface area contributed by atoms with E-state index in [1.165, 1.54) is 27.8 Å². The third kappa shape index (κ3) is 6.94. The zero-order valence-electron chi connectivity index (χ0n) is 23.2. The van der Waals surface area contributed by atoms with Crippen molar-refractivity contribution in [3.63, 3.8) is 0 Å². The highest BCUT2D eigenvalue weighted by Crippen LogP contribution is 2.32. The Hall–Kier alpha value is -3.35. The molecular formula is C30H34N4O5S2. The average molecular weight is 595 g/mol. The van der Waals surface area contributed by atoms with Gasteiger partial charge in [-0.1, -0.05) is 41.7 Å². The number of aromatic nitrogens is 1. The fraction of sp³-hybridized carbons (Fsp3) is 0.333. The average Bonchev–Trinajstić information content (AvgIpc) is 3.43. The summed E-state index contributed by atoms with van der Waals surface area (Å²) in [6.45, 7) is 4.77. The molecule has 0 aliphatic carbocycles. The van der Waals surface area contributed by atoms with Crippen molar-refractivity contribution in [1.82, 2.24) is 14.2 Å². The number of hydrogen-bond donors (Lipinski definition) is 0. The first kappa shape index (κ1) is 29.2. The summed E-state index contributed by atoms with van der Waals surface area (Å²) in [4.78, 5) is 22.8. The molecule has 3 aromatic carbocycles. The lowest BCUT2D eigenvalue weighted by atomic mass is 10.2. The van der Waals surface area contributed by atoms with Crippen molar-refractivity contribution in [2.24, 2.45) is 0 Å². The maximum atomic E-state index is 13.8. The molecule has 0 radical (unpaired) electrons. The Morgan fingerprint density at radius 3 is 2.49 bits per heavy atom. The molecule has 0 spiro atoms. The van der Waals surface area contributed by atoms with E-state index in [0.717, 1.165) is 55.0 Å². The molecule has 0 bridgehead atoms. The maximum absolute atomic E-state index is 13.8. The molecule has 216 valence electrons. The molecule has 9 nitrogen and oxygen atoms in total. The van der Waals surface area contributed by atoms with Gasteiger partial charge in [0, 0.05) is 51.4 Å². The second-order valence-corrected chi connectivity index (χ2v) is 12.9. The molecule has 2 heterocycles. The highest BCUT2D eigenvalue weighted by molar-refractivity contribution is 7.89. The molecule has 1 fully saturated rings. The molecular weight excluding hydrogens is 560 g/mol. The van der Waals surface area contributed by atoms with Gasteiger partial charge in [-0.3, -0.25) is 14.6 Å². The minimum absolute atomic E-state index is 0.137. The van der Waals surface area contributed by atoms with E-state index in [-0.39, 0.29) is 17.3 Å². The van der Waals surface area contributed by atoms with Crippen LogP contribution in [0.3, 0.4) is 0 Å². The molecule has 11 heteroatoms. The smallest absolute Gasteiger partial charge is 0.260 e. The summed E-state index contributed by atoms with van der Waals surface area (Å²) >= 11 is 1.45. The first-order chi connectivity index (χ1) is 19.8. The van der Waals surface area contributed by atoms with Gasteiger partial charge in [0.05, 0.1) is 35.4 Å². The van der Waals surface area contributed by atoms with Gasteiger partial charge in [-0.15, -0.1) is 0 Å². The molecule has 0 unspecified atom stereocenters. The molecule has 0 saturated carbocycles. The molecule has 1 aliphatic heterocycles. The molecule has 0 atom stereocenters. The molecule has 1 saturated heterocycles. The topological polar surface area (TPSA) is 92.3 Å². The number of amides is 1. The number of benzene rings is 3. The van der Waals surface area contributed by atoms with E-state index in [2.05, 4.69) is 4.90 Å². The van der Waals surface area contributed by atoms with Gasteiger partial charge >= 0.3 is 0 Å². The van der Waals surface area contributed by atoms with Gasteiger partial charge in [-0.25, -0.2) is 13.4 Å². The van der Waals surface area contributed by atoms with E-state index >= 15 is 0 Å². The standard InChI is InChI=1S/C30H34N4O5S2/c1-32(22-23-7-4-3-5-8-23)41(36,37)26-12-9-24(10-13-26)29(35)34(16-6-15-33-17-19-39-20-18-33)30-31-27-21-25(38-2)11-14-28(27)40-30/h3-5,7-14,21H,6,15-20,22H2,1-2H3. The number of morpholine rings is 1. The van der Waals surface area contributed by atoms with Crippen molar-refractivity contribution in [2.45, 2.75) is 17.9 Å². The Kier molecular flexibility index (Phi) is 9.31. The molecule has 5 rings (SSSR count). The fourth-order valence-electron chi connectivity index (χ4n) is 4.73. The highest BCUT2D eigenvalue weighted by Gasteiger charge is 2.25. The number of methoxy groups -OCH3 is 1. The molecule has 1 aromatic heterocycles. The van der Waals surface area contributed by atoms with Crippen LogP contribution < -0.4 is 9.64 Å². The Morgan fingerprint density at radius 2 is 1.78 bits per heavy atom. The van der Waals surface area contributed by atoms with Gasteiger partial charge in [0.1, 0.15) is 5.75 Å². The summed E-state index contributed by atoms with van der Waals surface area (Å²) in [5.41, 5.74) is 2.06. The minimum Gasteiger partial charge on any atom is -0.497 e. The monoisotopic (exact) mass is 594 g/mol. The van der Waals surface area contributed by atoms with Crippen molar-refractivity contribution < 1.29 is 22.7 Å². The second kappa shape index (κ2) is 13.1. The van der Waals surface area contributed by atoms with Crippen molar-refractivity contribution >= 4 is 42.6 Å². The molecule has 1 amide bonds. The number of carbonyl (C=O) groups is 1. The molecule has 0 N–H and O–H groups in total. The number of anilines is 1. The van der Waals surface area contributed by atoms with Gasteiger partial charge < -0.3 is 9.47 Å². The van der Waals surface area contributed by atoms with E-state index in [9.17, 15) is 13.2 Å². The summed E-state index contributed by atoms with van der Waals surface area (Å²) in [5, 5.41) is 0.597. The van der Waals surface area contributed by atoms with Gasteiger partial charge in [-0.05, 0) is 48.4 Å². The maximum Gasteiger partial charge on any atom is 0.260 e. The van der Waals surface area contributed by atoms with Crippen LogP contribution in [0, 0.1) is 0 Å². The van der Waals surface area contributed by atoms with Gasteiger partial charge in [0.25, 0.3) is 5.91 Å². The van der Waals surface area contributed by atoms with Crippen molar-refractivity contribution in [3.8, 4) is 5.75 Å². The van der Waals surface area contributed by atoms with Crippen molar-refractivity contribution in [3.05, 3.63) is 83.9 Å². The predicted molar refractivity (Wildman–Crippen MR) is 161 cm³/mol. The zero-order chi connectivity index (χ0) is 28.8. The summed E-state index contributed by atoms with van der Waals surface area (Å²) < 4.78 is 39.5. The Bertz CT molecular complexity index is 1570. The van der Waals surface area contributed by atoms with Crippen LogP contribution in [0.1, 0.15) is 22.3 Å². The number of sulfonamides is 1. The van der Waals surface area contributed by atoms with Gasteiger partial charge in [-0.2, -0.15) is 4.31 Å². The number of thiazole rings is 1. The predicted octanol–water partition coefficient (Wildman–Crippen LogP) is 4.49. The van der Waals surface area contributed by atoms with Gasteiger partial charge in [0.15, 0.2) is 5.13 Å². The van der Waals surface area contributed by atoms with E-state index < -0.39 is 10.0 Å². The summed E-state index contributed by atoms with van der Waals surface area (Å²) in [6.07, 6.45) is 0.766. The number of ether oxygens (including phenoxy) is 2. The van der Waals surface area contributed by atoms with Crippen molar-refractivity contribution in [2.75, 3.05) is 58.5 Å². The van der Waals surface area contributed by atoms with Crippen LogP contribution in [0.5, 0.6) is 5.75 Å². The van der Waals surface area contributed by atoms with E-state index in [1.54, 1.807) is 31.2 Å². The fourth-order valence-corrected chi connectivity index (χ4v) is 6.86. The van der Waals surface area contributed by atoms with Crippen molar-refractivity contribution in [1.29, 1.82) is 0 Å². The Balaban J connectivity index is 1.36. The van der Waals surface area contributed by atoms with Gasteiger partial charge in [0.2, 0.25) is 10.0 Å². The highest BCUT2D eigenvalue weighted by atomic mass is 32.2. The minimum atomic E-state index is -3.73. The van der Waals surface area contributed by atoms with E-state index in [4.69, 9.17) is 14.5 Å². The third-order valence-electron chi connectivity index (χ3n) is 7.08. The molecule has 4 aromatic rings. The number of fused-ring (bicyclic) bond motifs is 1. The largest absolute Gasteiger partial charge is 0.497 e. The normalized spacial score (nSPS) is 14.4. The second-order valence-electron chi connectivity index (χ2n) is 9.87. The lowest BCUT2D eigenvalue weighted by Gasteiger charge is -2.27. The number of hydrogen-bond acceptors (Lipinski definition) is 8. The molecule has 1 aliphatic rings. The van der Waals surface area contributed by atoms with Crippen LogP contribution in [0.15, 0.2) is 77.7 Å². The van der Waals surface area contributed by atoms with Crippen LogP contribution in [0.4, 0.5) is 5.13 Å². The van der Waals surface area contributed by atoms with E-state index in [1.807, 2.05) is 48.5 Å². The first-order valence-electron chi connectivity index (χ1n) is 13.5. The summed E-state index contributed by atoms with van der Waals surface area (Å²) in [7, 11) is -0.566. The number of nitrogens with zero attached hydrogens (tertiary/aromatic N) is 4. The van der Waals surface area contributed by atoms with E-state index in [0.29, 0.717) is 23.0 Å². The third-order valence-corrected chi connectivity index (χ3v) is 9.95.